The molecule has 0 fully saturated rings. The minimum absolute atomic E-state index is 0.0452. The molecule has 5 aromatic rings. The summed E-state index contributed by atoms with van der Waals surface area (Å²) in [5.41, 5.74) is 11.6. The molecule has 0 saturated heterocycles. The van der Waals surface area contributed by atoms with E-state index in [1.165, 1.54) is 15.5 Å². The van der Waals surface area contributed by atoms with Crippen molar-refractivity contribution < 1.29 is 33.0 Å². The molecule has 4 aromatic carbocycles. The van der Waals surface area contributed by atoms with Gasteiger partial charge in [-0.15, -0.1) is 0 Å². The van der Waals surface area contributed by atoms with E-state index in [4.69, 9.17) is 15.2 Å². The van der Waals surface area contributed by atoms with Crippen LogP contribution in [-0.2, 0) is 61.0 Å². The Morgan fingerprint density at radius 1 is 0.812 bits per heavy atom. The second-order valence-electron chi connectivity index (χ2n) is 16.0. The number of ether oxygens (including phenoxy) is 2. The van der Waals surface area contributed by atoms with Crippen LogP contribution in [0.3, 0.4) is 0 Å². The molecule has 1 amide bonds. The molecule has 1 heterocycles. The fourth-order valence-corrected chi connectivity index (χ4v) is 10.2. The fraction of sp³-hybridized carbons (Fsp3) is 0.383. The van der Waals surface area contributed by atoms with Gasteiger partial charge in [0.25, 0.3) is 15.2 Å². The molecule has 0 saturated carbocycles. The van der Waals surface area contributed by atoms with Crippen molar-refractivity contribution >= 4 is 71.5 Å². The van der Waals surface area contributed by atoms with Gasteiger partial charge in [0.2, 0.25) is 0 Å². The summed E-state index contributed by atoms with van der Waals surface area (Å²) >= 11 is 2.92. The molecule has 340 valence electrons. The van der Waals surface area contributed by atoms with Gasteiger partial charge in [0, 0.05) is 12.5 Å². The van der Waals surface area contributed by atoms with E-state index < -0.39 is 42.3 Å². The average Bonchev–Trinajstić information content (AvgIpc) is 3.73. The molecule has 2 unspecified atom stereocenters. The number of amides is 1. The maximum atomic E-state index is 12.5. The van der Waals surface area contributed by atoms with Gasteiger partial charge in [0.05, 0.1) is 0 Å². The molecule has 17 heteroatoms. The van der Waals surface area contributed by atoms with Gasteiger partial charge >= 0.3 is 285 Å². The van der Waals surface area contributed by atoms with Crippen LogP contribution < -0.4 is 16.3 Å². The molecule has 64 heavy (non-hydrogen) atoms. The van der Waals surface area contributed by atoms with Crippen LogP contribution >= 0.6 is 0 Å². The van der Waals surface area contributed by atoms with E-state index in [9.17, 15) is 23.5 Å². The van der Waals surface area contributed by atoms with Crippen LogP contribution in [0, 0.1) is 0 Å². The molecule has 5 N–H and O–H groups in total. The van der Waals surface area contributed by atoms with Gasteiger partial charge in [-0.25, -0.2) is 0 Å². The van der Waals surface area contributed by atoms with E-state index in [-0.39, 0.29) is 20.5 Å². The van der Waals surface area contributed by atoms with Crippen molar-refractivity contribution in [1.29, 1.82) is 0 Å². The van der Waals surface area contributed by atoms with E-state index in [2.05, 4.69) is 60.6 Å². The summed E-state index contributed by atoms with van der Waals surface area (Å²) in [7, 11) is -3.81. The quantitative estimate of drug-likeness (QED) is 0.0388. The number of alkyl carbamates (subject to hydrolysis) is 1. The average molecular weight is 1030 g/mol. The molecule has 12 nitrogen and oxygen atoms in total. The zero-order valence-corrected chi connectivity index (χ0v) is 43.2. The summed E-state index contributed by atoms with van der Waals surface area (Å²) in [5, 5.41) is 23.9. The Kier molecular flexibility index (Phi) is 24.9. The zero-order valence-electron chi connectivity index (χ0n) is 37.8. The molecule has 0 bridgehead atoms. The second kappa shape index (κ2) is 29.4. The first kappa shape index (κ1) is 54.2. The summed E-state index contributed by atoms with van der Waals surface area (Å²) in [6.45, 7) is 12.0. The number of benzene rings is 4. The molecule has 2 atom stereocenters. The predicted molar refractivity (Wildman–Crippen MR) is 260 cm³/mol. The van der Waals surface area contributed by atoms with Crippen molar-refractivity contribution in [3.8, 4) is 0 Å². The van der Waals surface area contributed by atoms with Crippen molar-refractivity contribution in [2.75, 3.05) is 6.54 Å². The van der Waals surface area contributed by atoms with Crippen LogP contribution in [-0.4, -0.2) is 105 Å². The molecule has 5 rings (SSSR count). The van der Waals surface area contributed by atoms with Crippen molar-refractivity contribution in [3.63, 3.8) is 0 Å². The summed E-state index contributed by atoms with van der Waals surface area (Å²) in [5.74, 6) is 0. The number of aromatic nitrogens is 2. The van der Waals surface area contributed by atoms with Crippen LogP contribution in [0.1, 0.15) is 83.2 Å². The van der Waals surface area contributed by atoms with E-state index in [0.717, 1.165) is 56.3 Å². The standard InChI is InChI=1S/C25H31N3O3SeSi.C13H20BNO4Si.C9H11NSe/c1-5-33(30)17-20-13-11-19(12-14-20)15-21(26-24(29)31-25(2,3)4)23-28-27-22(32-23)16-18-9-7-6-8-10-18;1-3-20(18)9-12-6-4-11(5-7-12)8-13(19-10-16)15-14(2)17;10-7-9(11)6-8-4-2-1-3-5-8/h6-14,21H,5,15-17H2,1-4H3,(H,26,29);4-7,10,13,15,17H,3,8-9H2,1-2H3;1-5H,6-7,10H2. The predicted octanol–water partition coefficient (Wildman–Crippen LogP) is 5.94. The van der Waals surface area contributed by atoms with Crippen molar-refractivity contribution in [3.05, 3.63) is 152 Å². The maximum absolute atomic E-state index is 12.5. The van der Waals surface area contributed by atoms with Gasteiger partial charge < -0.3 is 14.2 Å². The normalized spacial score (nSPS) is 11.6. The number of rotatable bonds is 21. The van der Waals surface area contributed by atoms with Gasteiger partial charge in [-0.3, -0.25) is 10.0 Å². The minimum atomic E-state index is -1.55. The zero-order chi connectivity index (χ0) is 46.9. The first-order valence-electron chi connectivity index (χ1n) is 21.4. The SMILES string of the molecule is CC[Si](=O)Cc1ccc(CC(NB(C)O)OC=O)cc1.CC[Si](=O)Cc1ccc(CC(NC(=O)OC(C)(C)C)c2nnc(Cc3ccccc3)[se]2)cc1.NCC(=[Se])Cc1ccccc1. The Hall–Kier alpha value is -4.15. The van der Waals surface area contributed by atoms with E-state index >= 15 is 0 Å². The van der Waals surface area contributed by atoms with Gasteiger partial charge in [0.1, 0.15) is 6.23 Å². The van der Waals surface area contributed by atoms with Crippen LogP contribution in [0.2, 0.25) is 18.9 Å². The molecule has 0 aliphatic carbocycles. The fourth-order valence-electron chi connectivity index (χ4n) is 6.02. The number of hydrogen-bond acceptors (Lipinski definition) is 11. The molecular formula is C47H62BN5O7Se2Si2. The Morgan fingerprint density at radius 2 is 1.31 bits per heavy atom. The van der Waals surface area contributed by atoms with E-state index in [1.807, 2.05) is 120 Å². The summed E-state index contributed by atoms with van der Waals surface area (Å²) < 4.78 is 37.0. The molecule has 1 aromatic heterocycles. The Balaban J connectivity index is 0.000000296. The number of carbonyl (C=O) groups excluding carboxylic acids is 2. The Labute approximate surface area is 396 Å². The second-order valence-corrected chi connectivity index (χ2v) is 23.8. The van der Waals surface area contributed by atoms with Crippen LogP contribution in [0.15, 0.2) is 109 Å². The molecule has 0 aliphatic heterocycles. The number of carbonyl (C=O) groups is 2. The van der Waals surface area contributed by atoms with Gasteiger partial charge in [-0.1, -0.05) is 31.2 Å². The summed E-state index contributed by atoms with van der Waals surface area (Å²) in [6, 6.07) is 38.8. The van der Waals surface area contributed by atoms with Gasteiger partial charge in [-0.2, -0.15) is 0 Å². The topological polar surface area (TPSA) is 183 Å². The first-order valence-corrected chi connectivity index (χ1v) is 27.6. The summed E-state index contributed by atoms with van der Waals surface area (Å²) in [4.78, 5) is 23.0. The van der Waals surface area contributed by atoms with Crippen molar-refractivity contribution in [2.45, 2.75) is 109 Å². The van der Waals surface area contributed by atoms with Gasteiger partial charge in [0.15, 0.2) is 0 Å². The Bertz CT molecular complexity index is 2180. The monoisotopic (exact) mass is 1040 g/mol. The first-order chi connectivity index (χ1) is 30.6. The van der Waals surface area contributed by atoms with E-state index in [1.54, 1.807) is 6.82 Å². The third kappa shape index (κ3) is 22.7. The van der Waals surface area contributed by atoms with Gasteiger partial charge in [-0.05, 0) is 24.0 Å². The molecular weight excluding hydrogens is 971 g/mol. The van der Waals surface area contributed by atoms with Crippen LogP contribution in [0.4, 0.5) is 4.79 Å². The molecule has 0 radical (unpaired) electrons. The molecule has 0 spiro atoms. The van der Waals surface area contributed by atoms with Crippen molar-refractivity contribution in [1.82, 2.24) is 20.7 Å². The number of nitrogens with one attached hydrogen (secondary N) is 2. The number of nitrogens with two attached hydrogens (primary N) is 1. The third-order valence-corrected chi connectivity index (χ3v) is 15.3. The van der Waals surface area contributed by atoms with E-state index in [0.29, 0.717) is 37.9 Å². The third-order valence-electron chi connectivity index (χ3n) is 9.29. The van der Waals surface area contributed by atoms with Crippen LogP contribution in [0.5, 0.6) is 0 Å². The van der Waals surface area contributed by atoms with Crippen LogP contribution in [0.25, 0.3) is 0 Å². The summed E-state index contributed by atoms with van der Waals surface area (Å²) in [6.07, 6.45) is 1.76. The number of nitrogens with zero attached hydrogens (tertiary/aromatic N) is 2. The van der Waals surface area contributed by atoms with Crippen molar-refractivity contribution in [2.24, 2.45) is 5.73 Å². The molecule has 0 aliphatic rings. The Morgan fingerprint density at radius 3 is 1.78 bits per heavy atom. The number of hydrogen-bond donors (Lipinski definition) is 4.